The number of unbranched alkanes of at least 4 members (excludes halogenated alkanes) is 1. The number of Topliss-reactive ketones (excluding diaryl/α,β-unsaturated/α-hetero) is 1. The quantitative estimate of drug-likeness (QED) is 0.565. The van der Waals surface area contributed by atoms with Crippen molar-refractivity contribution in [2.24, 2.45) is 5.73 Å². The van der Waals surface area contributed by atoms with E-state index in [2.05, 4.69) is 5.32 Å². The molecule has 12 heavy (non-hydrogen) atoms. The summed E-state index contributed by atoms with van der Waals surface area (Å²) in [5.74, 6) is -1.12. The predicted octanol–water partition coefficient (Wildman–Crippen LogP) is -0.181. The zero-order valence-electron chi connectivity index (χ0n) is 7.59. The van der Waals surface area contributed by atoms with Crippen molar-refractivity contribution < 1.29 is 9.59 Å². The Bertz CT molecular complexity index is 168. The molecule has 4 nitrogen and oxygen atoms in total. The summed E-state index contributed by atoms with van der Waals surface area (Å²) in [6.07, 6.45) is 2.45. The van der Waals surface area contributed by atoms with Gasteiger partial charge in [-0.3, -0.25) is 9.59 Å². The number of amides is 1. The molecule has 0 spiro atoms. The number of carbonyl (C=O) groups excluding carboxylic acids is 2. The van der Waals surface area contributed by atoms with Crippen LogP contribution >= 0.6 is 0 Å². The van der Waals surface area contributed by atoms with Crippen LogP contribution in [0.5, 0.6) is 0 Å². The Morgan fingerprint density at radius 2 is 2.08 bits per heavy atom. The number of carbonyl (C=O) groups is 2. The summed E-state index contributed by atoms with van der Waals surface area (Å²) < 4.78 is 0. The van der Waals surface area contributed by atoms with Gasteiger partial charge in [0.15, 0.2) is 0 Å². The molecule has 4 heteroatoms. The molecule has 0 radical (unpaired) electrons. The minimum atomic E-state index is -0.634. The first kappa shape index (κ1) is 11.1. The normalized spacial score (nSPS) is 12.2. The van der Waals surface area contributed by atoms with E-state index in [0.29, 0.717) is 6.42 Å². The summed E-state index contributed by atoms with van der Waals surface area (Å²) in [5.41, 5.74) is 5.47. The molecule has 0 heterocycles. The molecule has 0 saturated heterocycles. The first-order valence-electron chi connectivity index (χ1n) is 4.15. The van der Waals surface area contributed by atoms with Gasteiger partial charge in [0.1, 0.15) is 0 Å². The minimum absolute atomic E-state index is 0.522. The molecule has 0 aliphatic carbocycles. The smallest absolute Gasteiger partial charge is 0.288 e. The molecule has 1 atom stereocenters. The van der Waals surface area contributed by atoms with Crippen LogP contribution in [0.15, 0.2) is 0 Å². The van der Waals surface area contributed by atoms with E-state index < -0.39 is 17.7 Å². The lowest BCUT2D eigenvalue weighted by Crippen LogP contribution is -2.41. The van der Waals surface area contributed by atoms with Gasteiger partial charge in [-0.1, -0.05) is 19.8 Å². The molecule has 0 saturated carbocycles. The Balaban J connectivity index is 3.84. The van der Waals surface area contributed by atoms with E-state index in [-0.39, 0.29) is 0 Å². The van der Waals surface area contributed by atoms with Crippen LogP contribution < -0.4 is 11.1 Å². The molecule has 0 aliphatic rings. The van der Waals surface area contributed by atoms with E-state index in [0.717, 1.165) is 12.8 Å². The Morgan fingerprint density at radius 1 is 1.50 bits per heavy atom. The number of hydrogen-bond acceptors (Lipinski definition) is 3. The zero-order valence-corrected chi connectivity index (χ0v) is 7.59. The predicted molar refractivity (Wildman–Crippen MR) is 46.6 cm³/mol. The molecule has 0 aromatic carbocycles. The number of hydrogen-bond donors (Lipinski definition) is 2. The van der Waals surface area contributed by atoms with Crippen molar-refractivity contribution in [2.75, 3.05) is 7.05 Å². The van der Waals surface area contributed by atoms with E-state index in [4.69, 9.17) is 5.73 Å². The van der Waals surface area contributed by atoms with Crippen molar-refractivity contribution >= 4 is 11.7 Å². The van der Waals surface area contributed by atoms with Crippen molar-refractivity contribution in [1.82, 2.24) is 5.32 Å². The van der Waals surface area contributed by atoms with Crippen molar-refractivity contribution in [1.29, 1.82) is 0 Å². The molecule has 0 rings (SSSR count). The number of ketones is 1. The van der Waals surface area contributed by atoms with Gasteiger partial charge in [0, 0.05) is 7.05 Å². The molecule has 0 aliphatic heterocycles. The molecule has 70 valence electrons. The maximum absolute atomic E-state index is 11.0. The van der Waals surface area contributed by atoms with Crippen LogP contribution in [-0.2, 0) is 9.59 Å². The molecule has 0 aromatic heterocycles. The topological polar surface area (TPSA) is 72.2 Å². The first-order valence-corrected chi connectivity index (χ1v) is 4.15. The molecule has 0 fully saturated rings. The van der Waals surface area contributed by atoms with Gasteiger partial charge in [-0.05, 0) is 6.42 Å². The maximum atomic E-state index is 11.0. The lowest BCUT2D eigenvalue weighted by Gasteiger charge is -2.07. The van der Waals surface area contributed by atoms with Crippen LogP contribution in [0.2, 0.25) is 0 Å². The summed E-state index contributed by atoms with van der Waals surface area (Å²) in [6, 6.07) is -0.634. The molecular formula is C8H16N2O2. The van der Waals surface area contributed by atoms with E-state index in [1.807, 2.05) is 6.92 Å². The monoisotopic (exact) mass is 172 g/mol. The first-order chi connectivity index (χ1) is 5.63. The summed E-state index contributed by atoms with van der Waals surface area (Å²) in [6.45, 7) is 2.01. The van der Waals surface area contributed by atoms with Gasteiger partial charge < -0.3 is 11.1 Å². The molecule has 3 N–H and O–H groups in total. The Labute approximate surface area is 72.5 Å². The third-order valence-corrected chi connectivity index (χ3v) is 1.66. The Kier molecular flexibility index (Phi) is 5.28. The van der Waals surface area contributed by atoms with Crippen molar-refractivity contribution in [3.8, 4) is 0 Å². The summed E-state index contributed by atoms with van der Waals surface area (Å²) >= 11 is 0. The molecule has 0 bridgehead atoms. The van der Waals surface area contributed by atoms with Gasteiger partial charge in [-0.15, -0.1) is 0 Å². The highest BCUT2D eigenvalue weighted by Crippen LogP contribution is 1.98. The molecule has 1 unspecified atom stereocenters. The van der Waals surface area contributed by atoms with Crippen LogP contribution in [0.4, 0.5) is 0 Å². The van der Waals surface area contributed by atoms with Gasteiger partial charge in [0.05, 0.1) is 6.04 Å². The zero-order chi connectivity index (χ0) is 9.56. The van der Waals surface area contributed by atoms with Gasteiger partial charge in [0.25, 0.3) is 5.91 Å². The third-order valence-electron chi connectivity index (χ3n) is 1.66. The maximum Gasteiger partial charge on any atom is 0.288 e. The second-order valence-electron chi connectivity index (χ2n) is 2.69. The Hall–Kier alpha value is -0.900. The summed E-state index contributed by atoms with van der Waals surface area (Å²) in [4.78, 5) is 21.8. The number of nitrogens with one attached hydrogen (secondary N) is 1. The summed E-state index contributed by atoms with van der Waals surface area (Å²) in [5, 5.41) is 2.25. The fraction of sp³-hybridized carbons (Fsp3) is 0.750. The van der Waals surface area contributed by atoms with E-state index in [1.54, 1.807) is 0 Å². The van der Waals surface area contributed by atoms with Gasteiger partial charge in [0.2, 0.25) is 5.78 Å². The highest BCUT2D eigenvalue weighted by Gasteiger charge is 2.19. The van der Waals surface area contributed by atoms with E-state index in [1.165, 1.54) is 7.05 Å². The molecule has 0 aromatic rings. The molecular weight excluding hydrogens is 156 g/mol. The fourth-order valence-electron chi connectivity index (χ4n) is 0.847. The standard InChI is InChI=1S/C8H16N2O2/c1-3-4-5-6(9)7(11)8(12)10-2/h6H,3-5,9H2,1-2H3,(H,10,12). The lowest BCUT2D eigenvalue weighted by molar-refractivity contribution is -0.138. The SMILES string of the molecule is CCCCC(N)C(=O)C(=O)NC. The van der Waals surface area contributed by atoms with Gasteiger partial charge >= 0.3 is 0 Å². The van der Waals surface area contributed by atoms with E-state index in [9.17, 15) is 9.59 Å². The highest BCUT2D eigenvalue weighted by atomic mass is 16.2. The number of likely N-dealkylation sites (N-methyl/N-ethyl adjacent to an activating group) is 1. The largest absolute Gasteiger partial charge is 0.353 e. The van der Waals surface area contributed by atoms with Crippen LogP contribution in [0.1, 0.15) is 26.2 Å². The van der Waals surface area contributed by atoms with E-state index >= 15 is 0 Å². The summed E-state index contributed by atoms with van der Waals surface area (Å²) in [7, 11) is 1.42. The van der Waals surface area contributed by atoms with Crippen molar-refractivity contribution in [3.63, 3.8) is 0 Å². The van der Waals surface area contributed by atoms with Crippen LogP contribution in [0.3, 0.4) is 0 Å². The lowest BCUT2D eigenvalue weighted by atomic mass is 10.1. The second-order valence-corrected chi connectivity index (χ2v) is 2.69. The fourth-order valence-corrected chi connectivity index (χ4v) is 0.847. The van der Waals surface area contributed by atoms with Crippen LogP contribution in [-0.4, -0.2) is 24.8 Å². The number of nitrogens with two attached hydrogens (primary N) is 1. The average Bonchev–Trinajstić information content (AvgIpc) is 2.11. The number of rotatable bonds is 5. The third kappa shape index (κ3) is 3.48. The van der Waals surface area contributed by atoms with Crippen molar-refractivity contribution in [2.45, 2.75) is 32.2 Å². The van der Waals surface area contributed by atoms with Gasteiger partial charge in [-0.2, -0.15) is 0 Å². The highest BCUT2D eigenvalue weighted by molar-refractivity contribution is 6.38. The second kappa shape index (κ2) is 5.71. The van der Waals surface area contributed by atoms with Crippen molar-refractivity contribution in [3.05, 3.63) is 0 Å². The van der Waals surface area contributed by atoms with Gasteiger partial charge in [-0.25, -0.2) is 0 Å². The Morgan fingerprint density at radius 3 is 2.50 bits per heavy atom. The molecule has 1 amide bonds. The van der Waals surface area contributed by atoms with Crippen LogP contribution in [0.25, 0.3) is 0 Å². The van der Waals surface area contributed by atoms with Crippen LogP contribution in [0, 0.1) is 0 Å². The average molecular weight is 172 g/mol. The minimum Gasteiger partial charge on any atom is -0.353 e.